The molecule has 7 heteroatoms. The summed E-state index contributed by atoms with van der Waals surface area (Å²) in [4.78, 5) is 21.5. The molecule has 0 aromatic heterocycles. The largest absolute Gasteiger partial charge is 0.478 e. The number of ether oxygens (including phenoxy) is 1. The number of nitrogens with one attached hydrogen (secondary N) is 1. The van der Waals surface area contributed by atoms with Crippen LogP contribution in [0.3, 0.4) is 0 Å². The van der Waals surface area contributed by atoms with Crippen LogP contribution in [0.5, 0.6) is 0 Å². The van der Waals surface area contributed by atoms with Crippen LogP contribution >= 0.6 is 0 Å². The van der Waals surface area contributed by atoms with Gasteiger partial charge in [0.2, 0.25) is 0 Å². The fourth-order valence-electron chi connectivity index (χ4n) is 2.20. The number of aromatic carboxylic acids is 1. The molecule has 1 fully saturated rings. The predicted octanol–water partition coefficient (Wildman–Crippen LogP) is 2.27. The van der Waals surface area contributed by atoms with Gasteiger partial charge in [-0.05, 0) is 31.9 Å². The van der Waals surface area contributed by atoms with Gasteiger partial charge in [-0.25, -0.2) is 4.79 Å². The molecular weight excluding hydrogens is 264 g/mol. The number of nitro benzene ring substituents is 1. The van der Waals surface area contributed by atoms with Gasteiger partial charge in [0, 0.05) is 24.8 Å². The molecule has 108 valence electrons. The van der Waals surface area contributed by atoms with Gasteiger partial charge >= 0.3 is 5.97 Å². The fraction of sp³-hybridized carbons (Fsp3) is 0.462. The van der Waals surface area contributed by atoms with Crippen LogP contribution in [-0.4, -0.2) is 34.8 Å². The van der Waals surface area contributed by atoms with Gasteiger partial charge in [0.15, 0.2) is 0 Å². The van der Waals surface area contributed by atoms with Gasteiger partial charge < -0.3 is 15.2 Å². The van der Waals surface area contributed by atoms with Gasteiger partial charge in [-0.1, -0.05) is 0 Å². The Morgan fingerprint density at radius 2 is 2.10 bits per heavy atom. The van der Waals surface area contributed by atoms with Gasteiger partial charge in [-0.2, -0.15) is 0 Å². The van der Waals surface area contributed by atoms with E-state index >= 15 is 0 Å². The van der Waals surface area contributed by atoms with E-state index < -0.39 is 10.9 Å². The number of carbonyl (C=O) groups is 1. The van der Waals surface area contributed by atoms with Crippen LogP contribution < -0.4 is 5.32 Å². The van der Waals surface area contributed by atoms with Gasteiger partial charge in [-0.15, -0.1) is 0 Å². The standard InChI is InChI=1S/C13H16N2O5/c1-13(4-6-20-7-5-13)14-10-8-9(12(16)17)2-3-11(10)15(18)19/h2-3,8,14H,4-7H2,1H3,(H,16,17). The molecule has 1 saturated heterocycles. The second-order valence-electron chi connectivity index (χ2n) is 5.09. The van der Waals surface area contributed by atoms with E-state index in [0.717, 1.165) is 0 Å². The normalized spacial score (nSPS) is 17.4. The lowest BCUT2D eigenvalue weighted by atomic mass is 9.92. The molecule has 0 saturated carbocycles. The summed E-state index contributed by atoms with van der Waals surface area (Å²) in [6.45, 7) is 3.11. The van der Waals surface area contributed by atoms with Gasteiger partial charge in [0.1, 0.15) is 5.69 Å². The molecule has 2 rings (SSSR count). The van der Waals surface area contributed by atoms with Crippen LogP contribution in [0.25, 0.3) is 0 Å². The average molecular weight is 280 g/mol. The summed E-state index contributed by atoms with van der Waals surface area (Å²) in [5.41, 5.74) is -0.198. The second-order valence-corrected chi connectivity index (χ2v) is 5.09. The number of rotatable bonds is 4. The summed E-state index contributed by atoms with van der Waals surface area (Å²) in [7, 11) is 0. The number of anilines is 1. The molecule has 0 aliphatic carbocycles. The van der Waals surface area contributed by atoms with Gasteiger partial charge in [0.05, 0.1) is 10.5 Å². The van der Waals surface area contributed by atoms with Crippen molar-refractivity contribution < 1.29 is 19.6 Å². The Balaban J connectivity index is 2.34. The highest BCUT2D eigenvalue weighted by atomic mass is 16.6. The Morgan fingerprint density at radius 3 is 2.65 bits per heavy atom. The van der Waals surface area contributed by atoms with Crippen LogP contribution in [0, 0.1) is 10.1 Å². The van der Waals surface area contributed by atoms with Crippen molar-refractivity contribution in [3.63, 3.8) is 0 Å². The van der Waals surface area contributed by atoms with Crippen LogP contribution in [0.4, 0.5) is 11.4 Å². The first-order chi connectivity index (χ1) is 9.41. The number of hydrogen-bond donors (Lipinski definition) is 2. The molecule has 0 unspecified atom stereocenters. The minimum absolute atomic E-state index is 0.0220. The van der Waals surface area contributed by atoms with E-state index in [-0.39, 0.29) is 22.5 Å². The third kappa shape index (κ3) is 3.05. The SMILES string of the molecule is CC1(Nc2cc(C(=O)O)ccc2[N+](=O)[O-])CCOCC1. The summed E-state index contributed by atoms with van der Waals surface area (Å²) in [5.74, 6) is -1.11. The smallest absolute Gasteiger partial charge is 0.335 e. The van der Waals surface area contributed by atoms with E-state index in [1.807, 2.05) is 6.92 Å². The Kier molecular flexibility index (Phi) is 3.89. The number of benzene rings is 1. The summed E-state index contributed by atoms with van der Waals surface area (Å²) >= 11 is 0. The van der Waals surface area contributed by atoms with E-state index in [0.29, 0.717) is 26.1 Å². The average Bonchev–Trinajstić information content (AvgIpc) is 2.38. The molecule has 20 heavy (non-hydrogen) atoms. The van der Waals surface area contributed by atoms with Crippen molar-refractivity contribution in [2.24, 2.45) is 0 Å². The maximum Gasteiger partial charge on any atom is 0.335 e. The second kappa shape index (κ2) is 5.46. The molecule has 0 atom stereocenters. The first kappa shape index (κ1) is 14.3. The lowest BCUT2D eigenvalue weighted by Gasteiger charge is -2.35. The Morgan fingerprint density at radius 1 is 1.45 bits per heavy atom. The first-order valence-electron chi connectivity index (χ1n) is 6.29. The van der Waals surface area contributed by atoms with E-state index in [2.05, 4.69) is 5.32 Å². The quantitative estimate of drug-likeness (QED) is 0.648. The molecule has 1 aliphatic rings. The fourth-order valence-corrected chi connectivity index (χ4v) is 2.20. The topological polar surface area (TPSA) is 102 Å². The van der Waals surface area contributed by atoms with Crippen molar-refractivity contribution in [3.8, 4) is 0 Å². The summed E-state index contributed by atoms with van der Waals surface area (Å²) in [6.07, 6.45) is 1.42. The van der Waals surface area contributed by atoms with E-state index in [9.17, 15) is 14.9 Å². The molecule has 1 aromatic rings. The molecule has 0 spiro atoms. The molecule has 7 nitrogen and oxygen atoms in total. The minimum atomic E-state index is -1.11. The maximum atomic E-state index is 11.0. The van der Waals surface area contributed by atoms with Crippen molar-refractivity contribution in [2.75, 3.05) is 18.5 Å². The van der Waals surface area contributed by atoms with Crippen molar-refractivity contribution in [1.29, 1.82) is 0 Å². The van der Waals surface area contributed by atoms with Crippen LogP contribution in [0.15, 0.2) is 18.2 Å². The molecule has 0 bridgehead atoms. The number of nitrogens with zero attached hydrogens (tertiary/aromatic N) is 1. The van der Waals surface area contributed by atoms with Crippen molar-refractivity contribution in [3.05, 3.63) is 33.9 Å². The van der Waals surface area contributed by atoms with Crippen molar-refractivity contribution in [1.82, 2.24) is 0 Å². The summed E-state index contributed by atoms with van der Waals surface area (Å²) in [6, 6.07) is 3.76. The highest BCUT2D eigenvalue weighted by Gasteiger charge is 2.30. The lowest BCUT2D eigenvalue weighted by Crippen LogP contribution is -2.40. The molecule has 1 aliphatic heterocycles. The van der Waals surface area contributed by atoms with Gasteiger partial charge in [0.25, 0.3) is 5.69 Å². The van der Waals surface area contributed by atoms with Crippen molar-refractivity contribution >= 4 is 17.3 Å². The van der Waals surface area contributed by atoms with Crippen LogP contribution in [0.1, 0.15) is 30.1 Å². The highest BCUT2D eigenvalue weighted by molar-refractivity contribution is 5.90. The van der Waals surface area contributed by atoms with Crippen LogP contribution in [-0.2, 0) is 4.74 Å². The number of carboxylic acid groups (broad SMARTS) is 1. The lowest BCUT2D eigenvalue weighted by molar-refractivity contribution is -0.384. The highest BCUT2D eigenvalue weighted by Crippen LogP contribution is 2.32. The Labute approximate surface area is 115 Å². The monoisotopic (exact) mass is 280 g/mol. The third-order valence-electron chi connectivity index (χ3n) is 3.47. The number of hydrogen-bond acceptors (Lipinski definition) is 5. The Bertz CT molecular complexity index is 538. The zero-order valence-corrected chi connectivity index (χ0v) is 11.1. The van der Waals surface area contributed by atoms with E-state index in [4.69, 9.17) is 9.84 Å². The molecule has 1 aromatic carbocycles. The van der Waals surface area contributed by atoms with E-state index in [1.54, 1.807) is 0 Å². The zero-order chi connectivity index (χ0) is 14.8. The first-order valence-corrected chi connectivity index (χ1v) is 6.29. The molecule has 1 heterocycles. The Hall–Kier alpha value is -2.15. The van der Waals surface area contributed by atoms with E-state index in [1.165, 1.54) is 18.2 Å². The zero-order valence-electron chi connectivity index (χ0n) is 11.1. The van der Waals surface area contributed by atoms with Gasteiger partial charge in [-0.3, -0.25) is 10.1 Å². The van der Waals surface area contributed by atoms with Crippen molar-refractivity contribution in [2.45, 2.75) is 25.3 Å². The van der Waals surface area contributed by atoms with Crippen LogP contribution in [0.2, 0.25) is 0 Å². The predicted molar refractivity (Wildman–Crippen MR) is 72.1 cm³/mol. The minimum Gasteiger partial charge on any atom is -0.478 e. The summed E-state index contributed by atoms with van der Waals surface area (Å²) < 4.78 is 5.27. The molecule has 0 radical (unpaired) electrons. The molecule has 0 amide bonds. The number of nitro groups is 1. The maximum absolute atomic E-state index is 11.0. The third-order valence-corrected chi connectivity index (χ3v) is 3.47. The number of carboxylic acids is 1. The summed E-state index contributed by atoms with van der Waals surface area (Å²) in [5, 5.41) is 23.2. The molecular formula is C13H16N2O5. The molecule has 2 N–H and O–H groups in total.